The standard InChI is InChI=1S/C16H25FN2/c1-3-11-19(13-8-9-13)12-10-16(18-2)14-6-4-5-7-15(14)17/h4-7,13,16,18H,3,8-12H2,1-2H3. The van der Waals surface area contributed by atoms with E-state index in [1.165, 1.54) is 25.8 Å². The molecule has 2 rings (SSSR count). The fourth-order valence-electron chi connectivity index (χ4n) is 2.71. The van der Waals surface area contributed by atoms with E-state index in [4.69, 9.17) is 0 Å². The van der Waals surface area contributed by atoms with Gasteiger partial charge in [-0.2, -0.15) is 0 Å². The summed E-state index contributed by atoms with van der Waals surface area (Å²) in [5.41, 5.74) is 0.789. The largest absolute Gasteiger partial charge is 0.313 e. The minimum atomic E-state index is -0.102. The van der Waals surface area contributed by atoms with Crippen LogP contribution in [0.25, 0.3) is 0 Å². The lowest BCUT2D eigenvalue weighted by atomic mass is 10.0. The smallest absolute Gasteiger partial charge is 0.127 e. The van der Waals surface area contributed by atoms with Crippen molar-refractivity contribution >= 4 is 0 Å². The van der Waals surface area contributed by atoms with Crippen molar-refractivity contribution in [2.45, 2.75) is 44.7 Å². The van der Waals surface area contributed by atoms with E-state index < -0.39 is 0 Å². The summed E-state index contributed by atoms with van der Waals surface area (Å²) in [6, 6.07) is 7.99. The normalized spacial score (nSPS) is 16.8. The van der Waals surface area contributed by atoms with Crippen LogP contribution in [0.15, 0.2) is 24.3 Å². The van der Waals surface area contributed by atoms with E-state index in [0.717, 1.165) is 24.6 Å². The molecule has 1 aromatic carbocycles. The maximum atomic E-state index is 13.8. The van der Waals surface area contributed by atoms with Gasteiger partial charge in [-0.1, -0.05) is 25.1 Å². The van der Waals surface area contributed by atoms with Crippen LogP contribution >= 0.6 is 0 Å². The summed E-state index contributed by atoms with van der Waals surface area (Å²) in [6.07, 6.45) is 4.84. The summed E-state index contributed by atoms with van der Waals surface area (Å²) in [7, 11) is 1.92. The van der Waals surface area contributed by atoms with E-state index in [1.54, 1.807) is 12.1 Å². The molecule has 0 saturated heterocycles. The van der Waals surface area contributed by atoms with Crippen molar-refractivity contribution in [3.63, 3.8) is 0 Å². The lowest BCUT2D eigenvalue weighted by molar-refractivity contribution is 0.248. The zero-order valence-electron chi connectivity index (χ0n) is 12.0. The molecule has 2 nitrogen and oxygen atoms in total. The Morgan fingerprint density at radius 2 is 2.05 bits per heavy atom. The van der Waals surface area contributed by atoms with Gasteiger partial charge in [0.2, 0.25) is 0 Å². The average molecular weight is 264 g/mol. The monoisotopic (exact) mass is 264 g/mol. The topological polar surface area (TPSA) is 15.3 Å². The maximum Gasteiger partial charge on any atom is 0.127 e. The highest BCUT2D eigenvalue weighted by Crippen LogP contribution is 2.28. The van der Waals surface area contributed by atoms with E-state index in [-0.39, 0.29) is 11.9 Å². The minimum absolute atomic E-state index is 0.102. The average Bonchev–Trinajstić information content (AvgIpc) is 3.24. The minimum Gasteiger partial charge on any atom is -0.313 e. The van der Waals surface area contributed by atoms with Gasteiger partial charge in [-0.05, 0) is 45.3 Å². The van der Waals surface area contributed by atoms with Gasteiger partial charge < -0.3 is 10.2 Å². The van der Waals surface area contributed by atoms with Gasteiger partial charge in [0, 0.05) is 24.2 Å². The second-order valence-corrected chi connectivity index (χ2v) is 5.42. The summed E-state index contributed by atoms with van der Waals surface area (Å²) in [6.45, 7) is 4.44. The van der Waals surface area contributed by atoms with Gasteiger partial charge in [0.15, 0.2) is 0 Å². The van der Waals surface area contributed by atoms with Gasteiger partial charge in [-0.15, -0.1) is 0 Å². The third-order valence-corrected chi connectivity index (χ3v) is 3.91. The molecule has 1 atom stereocenters. The quantitative estimate of drug-likeness (QED) is 0.774. The zero-order chi connectivity index (χ0) is 13.7. The molecule has 1 saturated carbocycles. The second-order valence-electron chi connectivity index (χ2n) is 5.42. The summed E-state index contributed by atoms with van der Waals surface area (Å²) >= 11 is 0. The van der Waals surface area contributed by atoms with Gasteiger partial charge in [-0.3, -0.25) is 0 Å². The van der Waals surface area contributed by atoms with Crippen molar-refractivity contribution in [2.24, 2.45) is 0 Å². The molecular formula is C16H25FN2. The van der Waals surface area contributed by atoms with Crippen molar-refractivity contribution in [1.29, 1.82) is 0 Å². The van der Waals surface area contributed by atoms with E-state index in [0.29, 0.717) is 0 Å². The van der Waals surface area contributed by atoms with Crippen LogP contribution in [0.4, 0.5) is 4.39 Å². The first-order valence-electron chi connectivity index (χ1n) is 7.42. The van der Waals surface area contributed by atoms with E-state index >= 15 is 0 Å². The third kappa shape index (κ3) is 4.02. The van der Waals surface area contributed by atoms with Gasteiger partial charge in [0.25, 0.3) is 0 Å². The fourth-order valence-corrected chi connectivity index (χ4v) is 2.71. The van der Waals surface area contributed by atoms with Crippen molar-refractivity contribution in [3.8, 4) is 0 Å². The molecule has 1 aliphatic carbocycles. The van der Waals surface area contributed by atoms with E-state index in [9.17, 15) is 4.39 Å². The molecule has 106 valence electrons. The number of hydrogen-bond acceptors (Lipinski definition) is 2. The number of nitrogens with one attached hydrogen (secondary N) is 1. The first-order chi connectivity index (χ1) is 9.26. The highest BCUT2D eigenvalue weighted by molar-refractivity contribution is 5.21. The van der Waals surface area contributed by atoms with Gasteiger partial charge >= 0.3 is 0 Å². The molecule has 0 aromatic heterocycles. The molecule has 0 radical (unpaired) electrons. The number of hydrogen-bond donors (Lipinski definition) is 1. The van der Waals surface area contributed by atoms with Crippen LogP contribution in [0.5, 0.6) is 0 Å². The Balaban J connectivity index is 1.93. The van der Waals surface area contributed by atoms with Crippen LogP contribution in [-0.2, 0) is 0 Å². The third-order valence-electron chi connectivity index (χ3n) is 3.91. The molecule has 3 heteroatoms. The molecular weight excluding hydrogens is 239 g/mol. The predicted octanol–water partition coefficient (Wildman–Crippen LogP) is 3.35. The summed E-state index contributed by atoms with van der Waals surface area (Å²) in [5, 5.41) is 3.25. The molecule has 19 heavy (non-hydrogen) atoms. The Labute approximate surface area is 116 Å². The Morgan fingerprint density at radius 3 is 2.63 bits per heavy atom. The van der Waals surface area contributed by atoms with Gasteiger partial charge in [0.05, 0.1) is 0 Å². The van der Waals surface area contributed by atoms with Crippen LogP contribution in [0, 0.1) is 5.82 Å². The number of nitrogens with zero attached hydrogens (tertiary/aromatic N) is 1. The SMILES string of the molecule is CCCN(CCC(NC)c1ccccc1F)C1CC1. The number of benzene rings is 1. The van der Waals surface area contributed by atoms with E-state index in [1.807, 2.05) is 19.2 Å². The lowest BCUT2D eigenvalue weighted by Gasteiger charge is -2.25. The Hall–Kier alpha value is -0.930. The highest BCUT2D eigenvalue weighted by Gasteiger charge is 2.28. The predicted molar refractivity (Wildman–Crippen MR) is 77.7 cm³/mol. The van der Waals surface area contributed by atoms with Crippen molar-refractivity contribution in [2.75, 3.05) is 20.1 Å². The zero-order valence-corrected chi connectivity index (χ0v) is 12.0. The Morgan fingerprint density at radius 1 is 1.32 bits per heavy atom. The molecule has 0 bridgehead atoms. The summed E-state index contributed by atoms with van der Waals surface area (Å²) in [4.78, 5) is 2.56. The number of rotatable bonds is 8. The number of halogens is 1. The first-order valence-corrected chi connectivity index (χ1v) is 7.42. The molecule has 0 heterocycles. The first kappa shape index (κ1) is 14.5. The molecule has 1 unspecified atom stereocenters. The fraction of sp³-hybridized carbons (Fsp3) is 0.625. The van der Waals surface area contributed by atoms with E-state index in [2.05, 4.69) is 17.1 Å². The summed E-state index contributed by atoms with van der Waals surface area (Å²) in [5.74, 6) is -0.102. The molecule has 0 aliphatic heterocycles. The Bertz CT molecular complexity index is 390. The maximum absolute atomic E-state index is 13.8. The highest BCUT2D eigenvalue weighted by atomic mass is 19.1. The van der Waals surface area contributed by atoms with Crippen molar-refractivity contribution in [1.82, 2.24) is 10.2 Å². The van der Waals surface area contributed by atoms with Crippen molar-refractivity contribution in [3.05, 3.63) is 35.6 Å². The summed E-state index contributed by atoms with van der Waals surface area (Å²) < 4.78 is 13.8. The second kappa shape index (κ2) is 7.01. The van der Waals surface area contributed by atoms with Crippen LogP contribution in [0.3, 0.4) is 0 Å². The van der Waals surface area contributed by atoms with Crippen LogP contribution in [0.1, 0.15) is 44.2 Å². The lowest BCUT2D eigenvalue weighted by Crippen LogP contribution is -2.31. The van der Waals surface area contributed by atoms with Crippen LogP contribution in [0.2, 0.25) is 0 Å². The molecule has 1 aliphatic rings. The van der Waals surface area contributed by atoms with Gasteiger partial charge in [0.1, 0.15) is 5.82 Å². The molecule has 1 N–H and O–H groups in total. The molecule has 1 fully saturated rings. The van der Waals surface area contributed by atoms with Gasteiger partial charge in [-0.25, -0.2) is 4.39 Å². The van der Waals surface area contributed by atoms with Crippen LogP contribution < -0.4 is 5.32 Å². The van der Waals surface area contributed by atoms with Crippen LogP contribution in [-0.4, -0.2) is 31.1 Å². The molecule has 0 amide bonds. The Kier molecular flexibility index (Phi) is 5.34. The molecule has 0 spiro atoms. The van der Waals surface area contributed by atoms with Crippen molar-refractivity contribution < 1.29 is 4.39 Å². The molecule has 1 aromatic rings.